The average molecular weight is 324 g/mol. The summed E-state index contributed by atoms with van der Waals surface area (Å²) in [5, 5.41) is 3.08. The van der Waals surface area contributed by atoms with Crippen molar-refractivity contribution >= 4 is 27.0 Å². The molecule has 0 aliphatic heterocycles. The predicted octanol–water partition coefficient (Wildman–Crippen LogP) is 3.53. The minimum Gasteiger partial charge on any atom is -0.384 e. The van der Waals surface area contributed by atoms with E-state index in [0.717, 1.165) is 4.88 Å². The lowest BCUT2D eigenvalue weighted by atomic mass is 10.3. The van der Waals surface area contributed by atoms with E-state index in [4.69, 9.17) is 0 Å². The maximum atomic E-state index is 12.6. The van der Waals surface area contributed by atoms with Crippen molar-refractivity contribution in [3.8, 4) is 0 Å². The second-order valence-electron chi connectivity index (χ2n) is 4.82. The first-order valence-electron chi connectivity index (χ1n) is 6.85. The highest BCUT2D eigenvalue weighted by molar-refractivity contribution is 7.89. The van der Waals surface area contributed by atoms with Gasteiger partial charge in [0.1, 0.15) is 4.90 Å². The quantitative estimate of drug-likeness (QED) is 0.854. The van der Waals surface area contributed by atoms with Crippen molar-refractivity contribution in [3.63, 3.8) is 0 Å². The van der Waals surface area contributed by atoms with Crippen molar-refractivity contribution in [2.24, 2.45) is 0 Å². The fourth-order valence-electron chi connectivity index (χ4n) is 2.08. The minimum absolute atomic E-state index is 0.247. The number of anilines is 1. The summed E-state index contributed by atoms with van der Waals surface area (Å²) in [6.45, 7) is 6.48. The van der Waals surface area contributed by atoms with E-state index < -0.39 is 10.0 Å². The van der Waals surface area contributed by atoms with Crippen LogP contribution in [0, 0.1) is 6.92 Å². The Morgan fingerprint density at radius 2 is 1.90 bits per heavy atom. The molecule has 1 atom stereocenters. The van der Waals surface area contributed by atoms with Crippen LogP contribution in [0.15, 0.2) is 41.3 Å². The van der Waals surface area contributed by atoms with E-state index in [9.17, 15) is 8.42 Å². The zero-order valence-corrected chi connectivity index (χ0v) is 14.0. The van der Waals surface area contributed by atoms with Crippen molar-refractivity contribution in [1.82, 2.24) is 4.72 Å². The molecule has 114 valence electrons. The van der Waals surface area contributed by atoms with Crippen LogP contribution in [0.1, 0.15) is 29.6 Å². The summed E-state index contributed by atoms with van der Waals surface area (Å²) in [6, 6.07) is 10.7. The molecule has 0 radical (unpaired) electrons. The van der Waals surface area contributed by atoms with Gasteiger partial charge in [-0.1, -0.05) is 12.1 Å². The number of aryl methyl sites for hydroxylation is 1. The van der Waals surface area contributed by atoms with Crippen LogP contribution in [0.4, 0.5) is 5.69 Å². The van der Waals surface area contributed by atoms with E-state index in [0.29, 0.717) is 12.2 Å². The van der Waals surface area contributed by atoms with Gasteiger partial charge in [0.15, 0.2) is 0 Å². The van der Waals surface area contributed by atoms with Gasteiger partial charge in [-0.05, 0) is 45.0 Å². The smallest absolute Gasteiger partial charge is 0.243 e. The molecule has 1 unspecified atom stereocenters. The number of nitrogens with one attached hydrogen (secondary N) is 2. The number of hydrogen-bond donors (Lipinski definition) is 2. The summed E-state index contributed by atoms with van der Waals surface area (Å²) >= 11 is 1.60. The third-order valence-electron chi connectivity index (χ3n) is 3.06. The first-order chi connectivity index (χ1) is 9.94. The van der Waals surface area contributed by atoms with E-state index in [2.05, 4.69) is 10.0 Å². The van der Waals surface area contributed by atoms with Crippen LogP contribution < -0.4 is 10.0 Å². The van der Waals surface area contributed by atoms with Crippen molar-refractivity contribution < 1.29 is 8.42 Å². The molecule has 4 nitrogen and oxygen atoms in total. The number of thiophene rings is 1. The Labute approximate surface area is 130 Å². The molecule has 0 aliphatic carbocycles. The fourth-order valence-corrected chi connectivity index (χ4v) is 4.44. The van der Waals surface area contributed by atoms with Gasteiger partial charge in [0.05, 0.1) is 11.7 Å². The third kappa shape index (κ3) is 3.84. The number of para-hydroxylation sites is 1. The molecule has 0 saturated heterocycles. The van der Waals surface area contributed by atoms with Crippen LogP contribution in [0.2, 0.25) is 0 Å². The van der Waals surface area contributed by atoms with Gasteiger partial charge in [-0.15, -0.1) is 11.3 Å². The third-order valence-corrected chi connectivity index (χ3v) is 5.85. The van der Waals surface area contributed by atoms with Gasteiger partial charge in [-0.25, -0.2) is 13.1 Å². The summed E-state index contributed by atoms with van der Waals surface area (Å²) in [5.41, 5.74) is 0.627. The van der Waals surface area contributed by atoms with E-state index >= 15 is 0 Å². The Kier molecular flexibility index (Phi) is 5.03. The first kappa shape index (κ1) is 16.0. The van der Waals surface area contributed by atoms with Gasteiger partial charge >= 0.3 is 0 Å². The Balaban J connectivity index is 2.26. The molecular formula is C15H20N2O2S2. The Morgan fingerprint density at radius 3 is 2.52 bits per heavy atom. The highest BCUT2D eigenvalue weighted by Crippen LogP contribution is 2.26. The van der Waals surface area contributed by atoms with Crippen molar-refractivity contribution in [2.45, 2.75) is 31.7 Å². The number of benzene rings is 1. The topological polar surface area (TPSA) is 58.2 Å². The summed E-state index contributed by atoms with van der Waals surface area (Å²) in [4.78, 5) is 2.47. The van der Waals surface area contributed by atoms with Gasteiger partial charge in [-0.2, -0.15) is 0 Å². The van der Waals surface area contributed by atoms with E-state index in [1.807, 2.05) is 39.0 Å². The highest BCUT2D eigenvalue weighted by atomic mass is 32.2. The number of sulfonamides is 1. The summed E-state index contributed by atoms with van der Waals surface area (Å²) in [6.07, 6.45) is 0. The maximum Gasteiger partial charge on any atom is 0.243 e. The molecule has 2 rings (SSSR count). The molecule has 0 saturated carbocycles. The molecule has 2 aromatic rings. The van der Waals surface area contributed by atoms with E-state index in [1.54, 1.807) is 29.5 Å². The molecule has 21 heavy (non-hydrogen) atoms. The zero-order chi connectivity index (χ0) is 15.5. The molecule has 2 N–H and O–H groups in total. The van der Waals surface area contributed by atoms with E-state index in [1.165, 1.54) is 4.88 Å². The Bertz CT molecular complexity index is 708. The molecule has 0 amide bonds. The van der Waals surface area contributed by atoms with Crippen LogP contribution in [-0.4, -0.2) is 15.0 Å². The monoisotopic (exact) mass is 324 g/mol. The summed E-state index contributed by atoms with van der Waals surface area (Å²) in [7, 11) is -3.56. The predicted molar refractivity (Wildman–Crippen MR) is 88.4 cm³/mol. The molecule has 1 aromatic carbocycles. The largest absolute Gasteiger partial charge is 0.384 e. The maximum absolute atomic E-state index is 12.6. The molecule has 1 aromatic heterocycles. The van der Waals surface area contributed by atoms with Crippen LogP contribution in [0.3, 0.4) is 0 Å². The number of hydrogen-bond acceptors (Lipinski definition) is 4. The Morgan fingerprint density at radius 1 is 1.19 bits per heavy atom. The van der Waals surface area contributed by atoms with Gasteiger partial charge in [0, 0.05) is 16.3 Å². The van der Waals surface area contributed by atoms with Gasteiger partial charge in [0.2, 0.25) is 10.0 Å². The SMILES string of the molecule is CCNc1ccccc1S(=O)(=O)NC(C)c1ccc(C)s1. The summed E-state index contributed by atoms with van der Waals surface area (Å²) < 4.78 is 27.9. The Hall–Kier alpha value is -1.37. The molecule has 0 bridgehead atoms. The molecular weight excluding hydrogens is 304 g/mol. The van der Waals surface area contributed by atoms with Gasteiger partial charge in [0.25, 0.3) is 0 Å². The second-order valence-corrected chi connectivity index (χ2v) is 7.82. The lowest BCUT2D eigenvalue weighted by Gasteiger charge is -2.15. The lowest BCUT2D eigenvalue weighted by Crippen LogP contribution is -2.27. The average Bonchev–Trinajstić information content (AvgIpc) is 2.86. The standard InChI is InChI=1S/C15H20N2O2S2/c1-4-16-13-7-5-6-8-15(13)21(18,19)17-12(3)14-10-9-11(2)20-14/h5-10,12,16-17H,4H2,1-3H3. The molecule has 0 aliphatic rings. The van der Waals surface area contributed by atoms with Crippen molar-refractivity contribution in [1.29, 1.82) is 0 Å². The van der Waals surface area contributed by atoms with Crippen LogP contribution >= 0.6 is 11.3 Å². The normalized spacial score (nSPS) is 13.1. The number of rotatable bonds is 6. The van der Waals surface area contributed by atoms with Crippen molar-refractivity contribution in [3.05, 3.63) is 46.2 Å². The van der Waals surface area contributed by atoms with Crippen LogP contribution in [-0.2, 0) is 10.0 Å². The van der Waals surface area contributed by atoms with Crippen molar-refractivity contribution in [2.75, 3.05) is 11.9 Å². The first-order valence-corrected chi connectivity index (χ1v) is 9.15. The van der Waals surface area contributed by atoms with Crippen LogP contribution in [0.25, 0.3) is 0 Å². The second kappa shape index (κ2) is 6.60. The minimum atomic E-state index is -3.56. The van der Waals surface area contributed by atoms with Gasteiger partial charge < -0.3 is 5.32 Å². The molecule has 1 heterocycles. The molecule has 0 spiro atoms. The van der Waals surface area contributed by atoms with Crippen LogP contribution in [0.5, 0.6) is 0 Å². The lowest BCUT2D eigenvalue weighted by molar-refractivity contribution is 0.569. The zero-order valence-electron chi connectivity index (χ0n) is 12.4. The molecule has 0 fully saturated rings. The summed E-state index contributed by atoms with van der Waals surface area (Å²) in [5.74, 6) is 0. The van der Waals surface area contributed by atoms with E-state index in [-0.39, 0.29) is 10.9 Å². The fraction of sp³-hybridized carbons (Fsp3) is 0.333. The van der Waals surface area contributed by atoms with Gasteiger partial charge in [-0.3, -0.25) is 0 Å². The molecule has 6 heteroatoms. The highest BCUT2D eigenvalue weighted by Gasteiger charge is 2.21.